The van der Waals surface area contributed by atoms with Gasteiger partial charge in [-0.05, 0) is 54.8 Å². The van der Waals surface area contributed by atoms with Gasteiger partial charge in [0, 0.05) is 37.8 Å². The molecule has 0 radical (unpaired) electrons. The van der Waals surface area contributed by atoms with E-state index < -0.39 is 0 Å². The van der Waals surface area contributed by atoms with E-state index in [0.29, 0.717) is 23.6 Å². The summed E-state index contributed by atoms with van der Waals surface area (Å²) in [7, 11) is 5.62. The minimum atomic E-state index is 0.293. The summed E-state index contributed by atoms with van der Waals surface area (Å²) in [5, 5.41) is 9.85. The Hall–Kier alpha value is -2.24. The van der Waals surface area contributed by atoms with Gasteiger partial charge in [0.25, 0.3) is 0 Å². The van der Waals surface area contributed by atoms with Crippen LogP contribution in [0.5, 0.6) is 17.2 Å². The number of benzene rings is 2. The molecule has 2 fully saturated rings. The number of ether oxygens (including phenoxy) is 2. The van der Waals surface area contributed by atoms with Crippen molar-refractivity contribution < 1.29 is 14.6 Å². The highest BCUT2D eigenvalue weighted by molar-refractivity contribution is 5.39. The summed E-state index contributed by atoms with van der Waals surface area (Å²) < 4.78 is 10.8. The molecule has 144 valence electrons. The molecule has 5 nitrogen and oxygen atoms in total. The van der Waals surface area contributed by atoms with E-state index in [4.69, 9.17) is 9.47 Å². The van der Waals surface area contributed by atoms with Crippen LogP contribution < -0.4 is 9.47 Å². The predicted octanol–water partition coefficient (Wildman–Crippen LogP) is 3.14. The molecule has 0 amide bonds. The summed E-state index contributed by atoms with van der Waals surface area (Å²) >= 11 is 0. The third-order valence-corrected chi connectivity index (χ3v) is 6.09. The number of aromatic hydroxyl groups is 1. The summed E-state index contributed by atoms with van der Waals surface area (Å²) in [6, 6.07) is 14.3. The molecule has 0 aromatic heterocycles. The van der Waals surface area contributed by atoms with E-state index in [-0.39, 0.29) is 0 Å². The normalized spacial score (nSPS) is 25.5. The zero-order valence-electron chi connectivity index (χ0n) is 16.3. The molecule has 2 heterocycles. The number of hydrogen-bond donors (Lipinski definition) is 1. The van der Waals surface area contributed by atoms with E-state index in [0.717, 1.165) is 43.2 Å². The molecular formula is C22H28N2O3. The lowest BCUT2D eigenvalue weighted by molar-refractivity contribution is 0.223. The Morgan fingerprint density at radius 3 is 2.48 bits per heavy atom. The molecule has 0 bridgehead atoms. The van der Waals surface area contributed by atoms with Gasteiger partial charge in [-0.1, -0.05) is 12.1 Å². The summed E-state index contributed by atoms with van der Waals surface area (Å²) in [6.45, 7) is 4.07. The number of nitrogens with zero attached hydrogens (tertiary/aromatic N) is 2. The number of phenols is 1. The predicted molar refractivity (Wildman–Crippen MR) is 105 cm³/mol. The van der Waals surface area contributed by atoms with E-state index in [9.17, 15) is 5.11 Å². The average Bonchev–Trinajstić information content (AvgIpc) is 3.17. The van der Waals surface area contributed by atoms with Gasteiger partial charge in [-0.15, -0.1) is 0 Å². The van der Waals surface area contributed by atoms with Crippen LogP contribution in [-0.2, 0) is 6.54 Å². The lowest BCUT2D eigenvalue weighted by Crippen LogP contribution is -2.29. The topological polar surface area (TPSA) is 45.2 Å². The number of fused-ring (bicyclic) bond motifs is 1. The van der Waals surface area contributed by atoms with Gasteiger partial charge in [0.05, 0.1) is 14.2 Å². The second-order valence-electron chi connectivity index (χ2n) is 7.77. The molecule has 2 aliphatic heterocycles. The molecule has 4 rings (SSSR count). The first-order chi connectivity index (χ1) is 13.1. The van der Waals surface area contributed by atoms with Crippen LogP contribution in [0.3, 0.4) is 0 Å². The minimum Gasteiger partial charge on any atom is -0.508 e. The maximum atomic E-state index is 9.85. The molecule has 27 heavy (non-hydrogen) atoms. The molecule has 3 atom stereocenters. The van der Waals surface area contributed by atoms with Crippen LogP contribution >= 0.6 is 0 Å². The fourth-order valence-corrected chi connectivity index (χ4v) is 4.91. The van der Waals surface area contributed by atoms with Crippen molar-refractivity contribution in [3.63, 3.8) is 0 Å². The van der Waals surface area contributed by atoms with E-state index in [1.165, 1.54) is 5.56 Å². The summed E-state index contributed by atoms with van der Waals surface area (Å²) in [5.74, 6) is 3.33. The number of phenolic OH excluding ortho intramolecular Hbond substituents is 1. The van der Waals surface area contributed by atoms with Crippen molar-refractivity contribution in [3.05, 3.63) is 53.6 Å². The first kappa shape index (κ1) is 18.1. The third kappa shape index (κ3) is 3.49. The average molecular weight is 368 g/mol. The maximum Gasteiger partial charge on any atom is 0.123 e. The summed E-state index contributed by atoms with van der Waals surface area (Å²) in [4.78, 5) is 4.99. The van der Waals surface area contributed by atoms with Crippen molar-refractivity contribution in [1.29, 1.82) is 0 Å². The lowest BCUT2D eigenvalue weighted by atomic mass is 9.89. The molecule has 0 saturated carbocycles. The van der Waals surface area contributed by atoms with E-state index in [2.05, 4.69) is 41.1 Å². The van der Waals surface area contributed by atoms with Crippen LogP contribution in [0.1, 0.15) is 17.2 Å². The first-order valence-corrected chi connectivity index (χ1v) is 9.51. The highest BCUT2D eigenvalue weighted by Gasteiger charge is 2.46. The smallest absolute Gasteiger partial charge is 0.123 e. The largest absolute Gasteiger partial charge is 0.508 e. The third-order valence-electron chi connectivity index (χ3n) is 6.09. The van der Waals surface area contributed by atoms with Gasteiger partial charge in [-0.25, -0.2) is 0 Å². The second kappa shape index (κ2) is 7.41. The number of methoxy groups -OCH3 is 2. The Kier molecular flexibility index (Phi) is 4.98. The van der Waals surface area contributed by atoms with Gasteiger partial charge in [0.1, 0.15) is 17.2 Å². The maximum absolute atomic E-state index is 9.85. The molecule has 2 aromatic carbocycles. The van der Waals surface area contributed by atoms with Crippen LogP contribution in [0.4, 0.5) is 0 Å². The van der Waals surface area contributed by atoms with Gasteiger partial charge in [0.2, 0.25) is 0 Å². The second-order valence-corrected chi connectivity index (χ2v) is 7.77. The van der Waals surface area contributed by atoms with Crippen LogP contribution in [0.15, 0.2) is 42.5 Å². The van der Waals surface area contributed by atoms with Crippen molar-refractivity contribution in [3.8, 4) is 17.2 Å². The van der Waals surface area contributed by atoms with Crippen molar-refractivity contribution in [2.45, 2.75) is 12.6 Å². The van der Waals surface area contributed by atoms with Crippen molar-refractivity contribution in [2.75, 3.05) is 40.9 Å². The van der Waals surface area contributed by atoms with Crippen molar-refractivity contribution in [1.82, 2.24) is 9.80 Å². The van der Waals surface area contributed by atoms with Crippen LogP contribution in [0, 0.1) is 11.8 Å². The summed E-state index contributed by atoms with van der Waals surface area (Å²) in [5.41, 5.74) is 2.41. The van der Waals surface area contributed by atoms with Gasteiger partial charge in [0.15, 0.2) is 0 Å². The van der Waals surface area contributed by atoms with Crippen LogP contribution in [0.2, 0.25) is 0 Å². The molecule has 0 aliphatic carbocycles. The molecule has 2 saturated heterocycles. The first-order valence-electron chi connectivity index (χ1n) is 9.51. The number of rotatable bonds is 5. The highest BCUT2D eigenvalue weighted by atomic mass is 16.5. The number of hydrogen-bond acceptors (Lipinski definition) is 5. The molecule has 0 unspecified atom stereocenters. The van der Waals surface area contributed by atoms with E-state index >= 15 is 0 Å². The standard InChI is InChI=1S/C22H28N2O3/c1-23-11-17-13-24(12-16-10-18(25)6-9-21(16)27-3)14-20(17)22(23)15-4-7-19(26-2)8-5-15/h4-10,17,20,22,25H,11-14H2,1-3H3/t17-,20+,22+/m0/s1. The van der Waals surface area contributed by atoms with Gasteiger partial charge < -0.3 is 14.6 Å². The minimum absolute atomic E-state index is 0.293. The molecule has 0 spiro atoms. The van der Waals surface area contributed by atoms with Gasteiger partial charge in [-0.3, -0.25) is 9.80 Å². The Balaban J connectivity index is 1.50. The summed E-state index contributed by atoms with van der Waals surface area (Å²) in [6.07, 6.45) is 0. The Morgan fingerprint density at radius 1 is 1.00 bits per heavy atom. The fraction of sp³-hybridized carbons (Fsp3) is 0.455. The fourth-order valence-electron chi connectivity index (χ4n) is 4.91. The highest BCUT2D eigenvalue weighted by Crippen LogP contribution is 2.44. The van der Waals surface area contributed by atoms with Crippen molar-refractivity contribution in [2.24, 2.45) is 11.8 Å². The quantitative estimate of drug-likeness (QED) is 0.878. The number of likely N-dealkylation sites (tertiary alicyclic amines) is 2. The Labute approximate surface area is 161 Å². The molecule has 5 heteroatoms. The Morgan fingerprint density at radius 2 is 1.78 bits per heavy atom. The van der Waals surface area contributed by atoms with Crippen LogP contribution in [0.25, 0.3) is 0 Å². The monoisotopic (exact) mass is 368 g/mol. The molecule has 2 aliphatic rings. The van der Waals surface area contributed by atoms with E-state index in [1.807, 2.05) is 12.1 Å². The van der Waals surface area contributed by atoms with Gasteiger partial charge >= 0.3 is 0 Å². The van der Waals surface area contributed by atoms with E-state index in [1.54, 1.807) is 20.3 Å². The molecular weight excluding hydrogens is 340 g/mol. The SMILES string of the molecule is COc1ccc([C@@H]2[C@@H]3CN(Cc4cc(O)ccc4OC)C[C@@H]3CN2C)cc1. The zero-order chi connectivity index (χ0) is 19.0. The zero-order valence-corrected chi connectivity index (χ0v) is 16.3. The molecule has 1 N–H and O–H groups in total. The van der Waals surface area contributed by atoms with Gasteiger partial charge in [-0.2, -0.15) is 0 Å². The van der Waals surface area contributed by atoms with Crippen molar-refractivity contribution >= 4 is 0 Å². The lowest BCUT2D eigenvalue weighted by Gasteiger charge is -2.27. The Bertz CT molecular complexity index is 793. The van der Waals surface area contributed by atoms with Crippen LogP contribution in [-0.4, -0.2) is 55.8 Å². The molecule has 2 aromatic rings.